The first-order valence-corrected chi connectivity index (χ1v) is 4.76. The lowest BCUT2D eigenvalue weighted by molar-refractivity contribution is 0.253. The summed E-state index contributed by atoms with van der Waals surface area (Å²) >= 11 is 0. The molecule has 0 saturated heterocycles. The summed E-state index contributed by atoms with van der Waals surface area (Å²) in [4.78, 5) is 8.50. The summed E-state index contributed by atoms with van der Waals surface area (Å²) in [5, 5.41) is 18.3. The molecule has 5 heteroatoms. The molecule has 0 spiro atoms. The molecule has 1 aliphatic rings. The number of aliphatic imine (C=N–C) groups is 1. The standard InChI is InChI=1S/C10H13N3O2/c1-7-2-3-13-9(6-15)8(5-14)12-10(13)4-11-7/h2-3,14-15H,4-6H2,1H3. The van der Waals surface area contributed by atoms with Gasteiger partial charge in [0.2, 0.25) is 0 Å². The number of hydrogen-bond acceptors (Lipinski definition) is 4. The van der Waals surface area contributed by atoms with Gasteiger partial charge in [0, 0.05) is 11.9 Å². The maximum absolute atomic E-state index is 9.21. The summed E-state index contributed by atoms with van der Waals surface area (Å²) in [5.41, 5.74) is 2.08. The Hall–Kier alpha value is -1.46. The van der Waals surface area contributed by atoms with Crippen molar-refractivity contribution in [2.24, 2.45) is 4.99 Å². The third-order valence-electron chi connectivity index (χ3n) is 2.40. The number of fused-ring (bicyclic) bond motifs is 1. The first kappa shape index (κ1) is 10.1. The van der Waals surface area contributed by atoms with Gasteiger partial charge >= 0.3 is 0 Å². The number of aliphatic hydroxyl groups is 2. The first-order valence-electron chi connectivity index (χ1n) is 4.76. The molecule has 0 bridgehead atoms. The third-order valence-corrected chi connectivity index (χ3v) is 2.40. The molecule has 5 nitrogen and oxygen atoms in total. The van der Waals surface area contributed by atoms with E-state index in [2.05, 4.69) is 9.98 Å². The van der Waals surface area contributed by atoms with E-state index < -0.39 is 0 Å². The number of hydrogen-bond donors (Lipinski definition) is 2. The Morgan fingerprint density at radius 2 is 2.20 bits per heavy atom. The molecule has 1 aromatic heterocycles. The van der Waals surface area contributed by atoms with Gasteiger partial charge in [-0.2, -0.15) is 0 Å². The molecular formula is C10H13N3O2. The van der Waals surface area contributed by atoms with E-state index in [0.29, 0.717) is 17.9 Å². The maximum Gasteiger partial charge on any atom is 0.135 e. The maximum atomic E-state index is 9.21. The van der Waals surface area contributed by atoms with E-state index in [1.165, 1.54) is 0 Å². The zero-order valence-corrected chi connectivity index (χ0v) is 8.51. The van der Waals surface area contributed by atoms with Crippen LogP contribution in [0, 0.1) is 0 Å². The fraction of sp³-hybridized carbons (Fsp3) is 0.400. The second kappa shape index (κ2) is 3.96. The zero-order chi connectivity index (χ0) is 10.8. The van der Waals surface area contributed by atoms with Crippen molar-refractivity contribution < 1.29 is 10.2 Å². The molecule has 0 saturated carbocycles. The quantitative estimate of drug-likeness (QED) is 0.733. The fourth-order valence-corrected chi connectivity index (χ4v) is 1.58. The molecule has 0 amide bonds. The SMILES string of the molecule is CC1=NCc2nc(CO)c(CO)n2C=C1. The van der Waals surface area contributed by atoms with E-state index in [1.54, 1.807) is 4.57 Å². The Labute approximate surface area is 87.4 Å². The highest BCUT2D eigenvalue weighted by molar-refractivity contribution is 5.95. The summed E-state index contributed by atoms with van der Waals surface area (Å²) in [7, 11) is 0. The Morgan fingerprint density at radius 3 is 2.87 bits per heavy atom. The van der Waals surface area contributed by atoms with Crippen LogP contribution in [-0.2, 0) is 19.8 Å². The molecule has 80 valence electrons. The Bertz CT molecular complexity index is 432. The van der Waals surface area contributed by atoms with Crippen LogP contribution >= 0.6 is 0 Å². The largest absolute Gasteiger partial charge is 0.390 e. The molecule has 0 unspecified atom stereocenters. The number of imidazole rings is 1. The average Bonchev–Trinajstić information content (AvgIpc) is 2.50. The first-order chi connectivity index (χ1) is 7.26. The molecule has 0 fully saturated rings. The number of nitrogens with zero attached hydrogens (tertiary/aromatic N) is 3. The predicted molar refractivity (Wildman–Crippen MR) is 56.2 cm³/mol. The highest BCUT2D eigenvalue weighted by Crippen LogP contribution is 2.16. The van der Waals surface area contributed by atoms with E-state index >= 15 is 0 Å². The number of allylic oxidation sites excluding steroid dienone is 1. The lowest BCUT2D eigenvalue weighted by Crippen LogP contribution is -2.00. The van der Waals surface area contributed by atoms with Gasteiger partial charge in [0.1, 0.15) is 5.82 Å². The van der Waals surface area contributed by atoms with Crippen LogP contribution in [0.25, 0.3) is 6.20 Å². The Balaban J connectivity index is 2.50. The summed E-state index contributed by atoms with van der Waals surface area (Å²) in [5.74, 6) is 0.746. The van der Waals surface area contributed by atoms with Gasteiger partial charge in [-0.1, -0.05) is 0 Å². The molecule has 1 aromatic rings. The van der Waals surface area contributed by atoms with Gasteiger partial charge in [0.15, 0.2) is 0 Å². The minimum Gasteiger partial charge on any atom is -0.390 e. The summed E-state index contributed by atoms with van der Waals surface area (Å²) in [6.45, 7) is 2.10. The monoisotopic (exact) mass is 207 g/mol. The van der Waals surface area contributed by atoms with Crippen LogP contribution in [0.1, 0.15) is 24.1 Å². The molecule has 2 N–H and O–H groups in total. The van der Waals surface area contributed by atoms with Crippen LogP contribution in [0.4, 0.5) is 0 Å². The van der Waals surface area contributed by atoms with Crippen molar-refractivity contribution in [2.75, 3.05) is 0 Å². The van der Waals surface area contributed by atoms with E-state index in [-0.39, 0.29) is 13.2 Å². The van der Waals surface area contributed by atoms with Crippen LogP contribution in [0.15, 0.2) is 11.1 Å². The zero-order valence-electron chi connectivity index (χ0n) is 8.51. The van der Waals surface area contributed by atoms with E-state index in [1.807, 2.05) is 19.2 Å². The molecular weight excluding hydrogens is 194 g/mol. The number of rotatable bonds is 2. The van der Waals surface area contributed by atoms with Gasteiger partial charge < -0.3 is 14.8 Å². The van der Waals surface area contributed by atoms with Crippen LogP contribution in [-0.4, -0.2) is 25.5 Å². The highest BCUT2D eigenvalue weighted by Gasteiger charge is 2.15. The van der Waals surface area contributed by atoms with Crippen molar-refractivity contribution in [1.82, 2.24) is 9.55 Å². The molecule has 15 heavy (non-hydrogen) atoms. The lowest BCUT2D eigenvalue weighted by Gasteiger charge is -2.02. The van der Waals surface area contributed by atoms with E-state index in [4.69, 9.17) is 5.11 Å². The Morgan fingerprint density at radius 1 is 1.40 bits per heavy atom. The van der Waals surface area contributed by atoms with Crippen molar-refractivity contribution >= 4 is 11.9 Å². The molecule has 2 heterocycles. The van der Waals surface area contributed by atoms with Gasteiger partial charge in [0.05, 0.1) is 31.1 Å². The van der Waals surface area contributed by atoms with Crippen LogP contribution in [0.5, 0.6) is 0 Å². The third kappa shape index (κ3) is 1.71. The summed E-state index contributed by atoms with van der Waals surface area (Å²) in [6, 6.07) is 0. The van der Waals surface area contributed by atoms with Crippen molar-refractivity contribution in [3.63, 3.8) is 0 Å². The molecule has 1 aliphatic heterocycles. The van der Waals surface area contributed by atoms with Crippen molar-refractivity contribution in [3.05, 3.63) is 23.3 Å². The highest BCUT2D eigenvalue weighted by atomic mass is 16.3. The van der Waals surface area contributed by atoms with Crippen molar-refractivity contribution in [1.29, 1.82) is 0 Å². The number of aromatic nitrogens is 2. The Kier molecular flexibility index (Phi) is 2.66. The minimum absolute atomic E-state index is 0.133. The van der Waals surface area contributed by atoms with Crippen LogP contribution in [0.2, 0.25) is 0 Å². The molecule has 0 aliphatic carbocycles. The topological polar surface area (TPSA) is 70.6 Å². The second-order valence-corrected chi connectivity index (χ2v) is 3.38. The van der Waals surface area contributed by atoms with Crippen LogP contribution in [0.3, 0.4) is 0 Å². The number of aliphatic hydroxyl groups excluding tert-OH is 2. The van der Waals surface area contributed by atoms with Gasteiger partial charge in [-0.15, -0.1) is 0 Å². The average molecular weight is 207 g/mol. The predicted octanol–water partition coefficient (Wildman–Crippen LogP) is 0.313. The van der Waals surface area contributed by atoms with Gasteiger partial charge in [-0.05, 0) is 13.0 Å². The molecule has 2 rings (SSSR count). The van der Waals surface area contributed by atoms with Crippen LogP contribution < -0.4 is 0 Å². The van der Waals surface area contributed by atoms with E-state index in [9.17, 15) is 5.11 Å². The molecule has 0 radical (unpaired) electrons. The smallest absolute Gasteiger partial charge is 0.135 e. The van der Waals surface area contributed by atoms with Gasteiger partial charge in [0.25, 0.3) is 0 Å². The molecule has 0 aromatic carbocycles. The minimum atomic E-state index is -0.160. The normalized spacial score (nSPS) is 14.7. The molecule has 0 atom stereocenters. The fourth-order valence-electron chi connectivity index (χ4n) is 1.58. The van der Waals surface area contributed by atoms with Gasteiger partial charge in [-0.3, -0.25) is 4.99 Å². The summed E-state index contributed by atoms with van der Waals surface area (Å²) in [6.07, 6.45) is 3.68. The lowest BCUT2D eigenvalue weighted by atomic mass is 10.3. The second-order valence-electron chi connectivity index (χ2n) is 3.38. The summed E-state index contributed by atoms with van der Waals surface area (Å²) < 4.78 is 1.78. The van der Waals surface area contributed by atoms with E-state index in [0.717, 1.165) is 11.5 Å². The van der Waals surface area contributed by atoms with Crippen molar-refractivity contribution in [2.45, 2.75) is 26.7 Å². The van der Waals surface area contributed by atoms with Gasteiger partial charge in [-0.25, -0.2) is 4.98 Å². The van der Waals surface area contributed by atoms with Crippen molar-refractivity contribution in [3.8, 4) is 0 Å².